The maximum Gasteiger partial charge on any atom is 0.319 e. The average Bonchev–Trinajstić information content (AvgIpc) is 2.42. The zero-order chi connectivity index (χ0) is 14.7. The molecule has 110 valence electrons. The zero-order valence-electron chi connectivity index (χ0n) is 11.4. The summed E-state index contributed by atoms with van der Waals surface area (Å²) in [6.45, 7) is 0.835. The SMILES string of the molecule is COC(=O)CNCCN(CC(=O)OC)CC(=O)OC. The van der Waals surface area contributed by atoms with E-state index < -0.39 is 11.9 Å². The second-order valence-corrected chi connectivity index (χ2v) is 3.62. The van der Waals surface area contributed by atoms with E-state index in [2.05, 4.69) is 19.5 Å². The number of nitrogens with one attached hydrogen (secondary N) is 1. The van der Waals surface area contributed by atoms with Crippen LogP contribution < -0.4 is 5.32 Å². The quantitative estimate of drug-likeness (QED) is 0.305. The number of hydrogen-bond acceptors (Lipinski definition) is 8. The Morgan fingerprint density at radius 2 is 1.37 bits per heavy atom. The minimum absolute atomic E-state index is 0.0223. The Morgan fingerprint density at radius 3 is 1.79 bits per heavy atom. The number of ether oxygens (including phenoxy) is 3. The van der Waals surface area contributed by atoms with Gasteiger partial charge >= 0.3 is 17.9 Å². The molecule has 0 unspecified atom stereocenters. The van der Waals surface area contributed by atoms with Gasteiger partial charge in [0.05, 0.1) is 41.0 Å². The molecule has 0 aromatic carbocycles. The summed E-state index contributed by atoms with van der Waals surface area (Å²) in [5, 5.41) is 2.83. The van der Waals surface area contributed by atoms with Gasteiger partial charge in [-0.25, -0.2) is 0 Å². The summed E-state index contributed by atoms with van der Waals surface area (Å²) in [6, 6.07) is 0. The van der Waals surface area contributed by atoms with Crippen molar-refractivity contribution in [2.45, 2.75) is 0 Å². The number of rotatable bonds is 9. The van der Waals surface area contributed by atoms with Crippen LogP contribution in [0.1, 0.15) is 0 Å². The first kappa shape index (κ1) is 17.3. The van der Waals surface area contributed by atoms with Crippen LogP contribution in [0.5, 0.6) is 0 Å². The van der Waals surface area contributed by atoms with Gasteiger partial charge in [0.2, 0.25) is 0 Å². The summed E-state index contributed by atoms with van der Waals surface area (Å²) in [7, 11) is 3.84. The summed E-state index contributed by atoms with van der Waals surface area (Å²) >= 11 is 0. The Morgan fingerprint density at radius 1 is 0.895 bits per heavy atom. The first-order valence-corrected chi connectivity index (χ1v) is 5.67. The van der Waals surface area contributed by atoms with E-state index in [1.807, 2.05) is 0 Å². The lowest BCUT2D eigenvalue weighted by Crippen LogP contribution is -2.40. The molecule has 0 aliphatic heterocycles. The molecule has 0 rings (SSSR count). The molecule has 0 heterocycles. The minimum Gasteiger partial charge on any atom is -0.468 e. The van der Waals surface area contributed by atoms with Gasteiger partial charge < -0.3 is 19.5 Å². The fourth-order valence-electron chi connectivity index (χ4n) is 1.21. The van der Waals surface area contributed by atoms with E-state index in [0.29, 0.717) is 13.1 Å². The van der Waals surface area contributed by atoms with Crippen LogP contribution in [0.25, 0.3) is 0 Å². The van der Waals surface area contributed by atoms with E-state index in [0.717, 1.165) is 0 Å². The Labute approximate surface area is 112 Å². The Hall–Kier alpha value is -1.67. The van der Waals surface area contributed by atoms with Crippen LogP contribution in [0.4, 0.5) is 0 Å². The van der Waals surface area contributed by atoms with Gasteiger partial charge in [-0.05, 0) is 0 Å². The molecule has 0 aromatic rings. The van der Waals surface area contributed by atoms with Crippen LogP contribution in [-0.2, 0) is 28.6 Å². The molecular formula is C11H20N2O6. The first-order valence-electron chi connectivity index (χ1n) is 5.67. The highest BCUT2D eigenvalue weighted by Crippen LogP contribution is 1.91. The van der Waals surface area contributed by atoms with Crippen LogP contribution in [0, 0.1) is 0 Å². The van der Waals surface area contributed by atoms with Gasteiger partial charge in [0.25, 0.3) is 0 Å². The standard InChI is InChI=1S/C11H20N2O6/c1-17-9(14)6-12-4-5-13(7-10(15)18-2)8-11(16)19-3/h12H,4-8H2,1-3H3. The van der Waals surface area contributed by atoms with Crippen LogP contribution >= 0.6 is 0 Å². The van der Waals surface area contributed by atoms with Gasteiger partial charge in [-0.15, -0.1) is 0 Å². The predicted molar refractivity (Wildman–Crippen MR) is 65.4 cm³/mol. The molecule has 0 radical (unpaired) electrons. The Balaban J connectivity index is 4.07. The topological polar surface area (TPSA) is 94.2 Å². The van der Waals surface area contributed by atoms with Crippen LogP contribution in [0.3, 0.4) is 0 Å². The lowest BCUT2D eigenvalue weighted by atomic mass is 10.4. The monoisotopic (exact) mass is 276 g/mol. The summed E-state index contributed by atoms with van der Waals surface area (Å²) in [6.07, 6.45) is 0. The zero-order valence-corrected chi connectivity index (χ0v) is 11.4. The molecule has 0 saturated heterocycles. The van der Waals surface area contributed by atoms with Crippen molar-refractivity contribution in [2.24, 2.45) is 0 Å². The molecule has 0 spiro atoms. The molecular weight excluding hydrogens is 256 g/mol. The maximum absolute atomic E-state index is 11.2. The first-order chi connectivity index (χ1) is 9.03. The van der Waals surface area contributed by atoms with Crippen molar-refractivity contribution >= 4 is 17.9 Å². The smallest absolute Gasteiger partial charge is 0.319 e. The lowest BCUT2D eigenvalue weighted by molar-refractivity contribution is -0.146. The second-order valence-electron chi connectivity index (χ2n) is 3.62. The van der Waals surface area contributed by atoms with Crippen molar-refractivity contribution in [1.29, 1.82) is 0 Å². The largest absolute Gasteiger partial charge is 0.468 e. The normalized spacial score (nSPS) is 10.1. The number of nitrogens with zero attached hydrogens (tertiary/aromatic N) is 1. The molecule has 0 aliphatic rings. The van der Waals surface area contributed by atoms with Crippen LogP contribution in [0.2, 0.25) is 0 Å². The molecule has 0 atom stereocenters. The van der Waals surface area contributed by atoms with Crippen molar-refractivity contribution < 1.29 is 28.6 Å². The van der Waals surface area contributed by atoms with Crippen molar-refractivity contribution in [3.05, 3.63) is 0 Å². The fourth-order valence-corrected chi connectivity index (χ4v) is 1.21. The molecule has 0 aliphatic carbocycles. The molecule has 8 heteroatoms. The molecule has 0 saturated carbocycles. The fraction of sp³-hybridized carbons (Fsp3) is 0.727. The highest BCUT2D eigenvalue weighted by atomic mass is 16.5. The molecule has 19 heavy (non-hydrogen) atoms. The number of methoxy groups -OCH3 is 3. The Bertz CT molecular complexity index is 290. The van der Waals surface area contributed by atoms with Crippen molar-refractivity contribution in [1.82, 2.24) is 10.2 Å². The van der Waals surface area contributed by atoms with Crippen molar-refractivity contribution in [2.75, 3.05) is 54.1 Å². The third-order valence-corrected chi connectivity index (χ3v) is 2.26. The van der Waals surface area contributed by atoms with Gasteiger partial charge in [-0.3, -0.25) is 19.3 Å². The predicted octanol–water partition coefficient (Wildman–Crippen LogP) is -1.60. The third kappa shape index (κ3) is 8.97. The number of esters is 3. The summed E-state index contributed by atoms with van der Waals surface area (Å²) < 4.78 is 13.5. The lowest BCUT2D eigenvalue weighted by Gasteiger charge is -2.19. The van der Waals surface area contributed by atoms with E-state index in [1.54, 1.807) is 4.90 Å². The minimum atomic E-state index is -0.447. The summed E-state index contributed by atoms with van der Waals surface area (Å²) in [5.41, 5.74) is 0. The highest BCUT2D eigenvalue weighted by molar-refractivity contribution is 5.74. The third-order valence-electron chi connectivity index (χ3n) is 2.26. The van der Waals surface area contributed by atoms with Gasteiger partial charge in [0.1, 0.15) is 0 Å². The van der Waals surface area contributed by atoms with Gasteiger partial charge in [-0.1, -0.05) is 0 Å². The molecule has 8 nitrogen and oxygen atoms in total. The van der Waals surface area contributed by atoms with Gasteiger partial charge in [0, 0.05) is 13.1 Å². The van der Waals surface area contributed by atoms with E-state index in [9.17, 15) is 14.4 Å². The summed E-state index contributed by atoms with van der Waals surface area (Å²) in [5.74, 6) is -1.28. The molecule has 0 amide bonds. The average molecular weight is 276 g/mol. The van der Waals surface area contributed by atoms with E-state index in [4.69, 9.17) is 0 Å². The van der Waals surface area contributed by atoms with Crippen LogP contribution in [0.15, 0.2) is 0 Å². The van der Waals surface area contributed by atoms with Gasteiger partial charge in [-0.2, -0.15) is 0 Å². The van der Waals surface area contributed by atoms with Gasteiger partial charge in [0.15, 0.2) is 0 Å². The van der Waals surface area contributed by atoms with E-state index >= 15 is 0 Å². The van der Waals surface area contributed by atoms with Crippen molar-refractivity contribution in [3.63, 3.8) is 0 Å². The number of hydrogen-bond donors (Lipinski definition) is 1. The van der Waals surface area contributed by atoms with E-state index in [-0.39, 0.29) is 25.6 Å². The summed E-state index contributed by atoms with van der Waals surface area (Å²) in [4.78, 5) is 34.8. The molecule has 1 N–H and O–H groups in total. The molecule has 0 bridgehead atoms. The van der Waals surface area contributed by atoms with E-state index in [1.165, 1.54) is 21.3 Å². The Kier molecular flexibility index (Phi) is 9.37. The molecule has 0 aromatic heterocycles. The number of carbonyl (C=O) groups excluding carboxylic acids is 3. The van der Waals surface area contributed by atoms with Crippen molar-refractivity contribution in [3.8, 4) is 0 Å². The maximum atomic E-state index is 11.2. The second kappa shape index (κ2) is 10.3. The number of carbonyl (C=O) groups is 3. The highest BCUT2D eigenvalue weighted by Gasteiger charge is 2.15. The van der Waals surface area contributed by atoms with Crippen LogP contribution in [-0.4, -0.2) is 76.9 Å². The molecule has 0 fully saturated rings.